The van der Waals surface area contributed by atoms with Crippen LogP contribution in [0.4, 0.5) is 0 Å². The van der Waals surface area contributed by atoms with Crippen LogP contribution in [0.3, 0.4) is 0 Å². The van der Waals surface area contributed by atoms with Crippen molar-refractivity contribution in [3.05, 3.63) is 66.5 Å². The Balaban J connectivity index is 2.06. The van der Waals surface area contributed by atoms with Gasteiger partial charge >= 0.3 is 0 Å². The van der Waals surface area contributed by atoms with Gasteiger partial charge in [0.15, 0.2) is 0 Å². The molecular weight excluding hydrogens is 286 g/mol. The Bertz CT molecular complexity index is 987. The standard InChI is InChI=1S/C19H17N3O/c1-23-15-8-6-14(7-9-15)22-18-5-3-2-4-16(18)17-10-13(11-20)21-12-19(17)22/h2-10,12H,11,20H2,1H3. The van der Waals surface area contributed by atoms with Crippen molar-refractivity contribution < 1.29 is 4.74 Å². The molecule has 0 unspecified atom stereocenters. The van der Waals surface area contributed by atoms with Crippen LogP contribution in [0.15, 0.2) is 60.8 Å². The second-order valence-corrected chi connectivity index (χ2v) is 5.45. The number of para-hydroxylation sites is 1. The van der Waals surface area contributed by atoms with Crippen molar-refractivity contribution in [3.8, 4) is 11.4 Å². The molecular formula is C19H17N3O. The number of fused-ring (bicyclic) bond motifs is 3. The molecule has 0 saturated heterocycles. The van der Waals surface area contributed by atoms with Crippen LogP contribution in [0.5, 0.6) is 5.75 Å². The summed E-state index contributed by atoms with van der Waals surface area (Å²) >= 11 is 0. The molecule has 0 bridgehead atoms. The lowest BCUT2D eigenvalue weighted by molar-refractivity contribution is 0.415. The largest absolute Gasteiger partial charge is 0.497 e. The van der Waals surface area contributed by atoms with Crippen LogP contribution in [0, 0.1) is 0 Å². The Hall–Kier alpha value is -2.85. The predicted molar refractivity (Wildman–Crippen MR) is 93.0 cm³/mol. The summed E-state index contributed by atoms with van der Waals surface area (Å²) < 4.78 is 7.48. The fraction of sp³-hybridized carbons (Fsp3) is 0.105. The SMILES string of the molecule is COc1ccc(-n2c3ccccc3c3cc(CN)ncc32)cc1. The van der Waals surface area contributed by atoms with E-state index in [4.69, 9.17) is 10.5 Å². The van der Waals surface area contributed by atoms with Crippen LogP contribution in [-0.2, 0) is 6.54 Å². The van der Waals surface area contributed by atoms with Gasteiger partial charge in [0.2, 0.25) is 0 Å². The van der Waals surface area contributed by atoms with Gasteiger partial charge in [0.05, 0.1) is 30.0 Å². The number of rotatable bonds is 3. The lowest BCUT2D eigenvalue weighted by Gasteiger charge is -2.08. The molecule has 2 heterocycles. The lowest BCUT2D eigenvalue weighted by Crippen LogP contribution is -1.99. The molecule has 4 aromatic rings. The Kier molecular flexibility index (Phi) is 3.24. The highest BCUT2D eigenvalue weighted by Gasteiger charge is 2.12. The summed E-state index contributed by atoms with van der Waals surface area (Å²) in [5.41, 5.74) is 9.97. The van der Waals surface area contributed by atoms with E-state index in [0.29, 0.717) is 6.54 Å². The zero-order valence-electron chi connectivity index (χ0n) is 12.9. The number of ether oxygens (including phenoxy) is 1. The summed E-state index contributed by atoms with van der Waals surface area (Å²) in [5.74, 6) is 0.845. The van der Waals surface area contributed by atoms with Gasteiger partial charge in [0, 0.05) is 23.0 Å². The smallest absolute Gasteiger partial charge is 0.119 e. The molecule has 114 valence electrons. The minimum atomic E-state index is 0.442. The molecule has 4 nitrogen and oxygen atoms in total. The highest BCUT2D eigenvalue weighted by Crippen LogP contribution is 2.32. The van der Waals surface area contributed by atoms with Crippen LogP contribution in [0.1, 0.15) is 5.69 Å². The number of pyridine rings is 1. The molecule has 0 fully saturated rings. The summed E-state index contributed by atoms with van der Waals surface area (Å²) in [6.45, 7) is 0.442. The molecule has 2 aromatic carbocycles. The normalized spacial score (nSPS) is 11.2. The average molecular weight is 303 g/mol. The Labute approximate surface area is 134 Å². The topological polar surface area (TPSA) is 53.1 Å². The maximum absolute atomic E-state index is 5.75. The second kappa shape index (κ2) is 5.41. The summed E-state index contributed by atoms with van der Waals surface area (Å²) in [5, 5.41) is 2.38. The summed E-state index contributed by atoms with van der Waals surface area (Å²) in [7, 11) is 1.67. The van der Waals surface area contributed by atoms with Crippen molar-refractivity contribution in [1.29, 1.82) is 0 Å². The Morgan fingerprint density at radius 1 is 1.00 bits per heavy atom. The first-order chi connectivity index (χ1) is 11.3. The number of benzene rings is 2. The molecule has 4 heteroatoms. The fourth-order valence-corrected chi connectivity index (χ4v) is 3.03. The molecule has 23 heavy (non-hydrogen) atoms. The van der Waals surface area contributed by atoms with Crippen LogP contribution in [0.2, 0.25) is 0 Å². The molecule has 0 atom stereocenters. The zero-order chi connectivity index (χ0) is 15.8. The average Bonchev–Trinajstić information content (AvgIpc) is 2.95. The minimum Gasteiger partial charge on any atom is -0.497 e. The summed E-state index contributed by atoms with van der Waals surface area (Å²) in [4.78, 5) is 4.47. The van der Waals surface area contributed by atoms with Crippen LogP contribution in [0.25, 0.3) is 27.5 Å². The Morgan fingerprint density at radius 2 is 1.78 bits per heavy atom. The molecule has 0 aliphatic rings. The van der Waals surface area contributed by atoms with Crippen molar-refractivity contribution in [3.63, 3.8) is 0 Å². The van der Waals surface area contributed by atoms with Gasteiger partial charge in [0.1, 0.15) is 5.75 Å². The van der Waals surface area contributed by atoms with E-state index in [9.17, 15) is 0 Å². The maximum Gasteiger partial charge on any atom is 0.119 e. The van der Waals surface area contributed by atoms with Crippen LogP contribution >= 0.6 is 0 Å². The molecule has 0 saturated carbocycles. The van der Waals surface area contributed by atoms with Gasteiger partial charge in [-0.2, -0.15) is 0 Å². The van der Waals surface area contributed by atoms with E-state index in [1.807, 2.05) is 18.3 Å². The number of hydrogen-bond donors (Lipinski definition) is 1. The molecule has 0 spiro atoms. The van der Waals surface area contributed by atoms with Gasteiger partial charge in [0.25, 0.3) is 0 Å². The molecule has 0 radical (unpaired) electrons. The van der Waals surface area contributed by atoms with Crippen LogP contribution in [-0.4, -0.2) is 16.7 Å². The van der Waals surface area contributed by atoms with E-state index < -0.39 is 0 Å². The first-order valence-corrected chi connectivity index (χ1v) is 7.54. The first-order valence-electron chi connectivity index (χ1n) is 7.54. The van der Waals surface area contributed by atoms with E-state index in [0.717, 1.165) is 28.2 Å². The van der Waals surface area contributed by atoms with E-state index in [1.54, 1.807) is 7.11 Å². The third kappa shape index (κ3) is 2.15. The Morgan fingerprint density at radius 3 is 2.52 bits per heavy atom. The van der Waals surface area contributed by atoms with Crippen molar-refractivity contribution in [2.45, 2.75) is 6.54 Å². The molecule has 2 N–H and O–H groups in total. The number of aromatic nitrogens is 2. The van der Waals surface area contributed by atoms with Crippen molar-refractivity contribution in [2.24, 2.45) is 5.73 Å². The lowest BCUT2D eigenvalue weighted by atomic mass is 10.1. The number of methoxy groups -OCH3 is 1. The van der Waals surface area contributed by atoms with Gasteiger partial charge in [-0.1, -0.05) is 18.2 Å². The van der Waals surface area contributed by atoms with E-state index in [-0.39, 0.29) is 0 Å². The first kappa shape index (κ1) is 13.8. The summed E-state index contributed by atoms with van der Waals surface area (Å²) in [6, 6.07) is 18.5. The van der Waals surface area contributed by atoms with E-state index in [1.165, 1.54) is 10.8 Å². The monoisotopic (exact) mass is 303 g/mol. The molecule has 0 aliphatic heterocycles. The molecule has 4 rings (SSSR count). The molecule has 0 amide bonds. The van der Waals surface area contributed by atoms with Crippen molar-refractivity contribution in [1.82, 2.24) is 9.55 Å². The zero-order valence-corrected chi connectivity index (χ0v) is 12.9. The molecule has 2 aromatic heterocycles. The van der Waals surface area contributed by atoms with Gasteiger partial charge < -0.3 is 15.0 Å². The highest BCUT2D eigenvalue weighted by atomic mass is 16.5. The van der Waals surface area contributed by atoms with Gasteiger partial charge in [-0.25, -0.2) is 0 Å². The van der Waals surface area contributed by atoms with Crippen molar-refractivity contribution in [2.75, 3.05) is 7.11 Å². The number of nitrogens with zero attached hydrogens (tertiary/aromatic N) is 2. The van der Waals surface area contributed by atoms with Gasteiger partial charge in [-0.05, 0) is 36.4 Å². The second-order valence-electron chi connectivity index (χ2n) is 5.45. The third-order valence-corrected chi connectivity index (χ3v) is 4.16. The fourth-order valence-electron chi connectivity index (χ4n) is 3.03. The molecule has 0 aliphatic carbocycles. The third-order valence-electron chi connectivity index (χ3n) is 4.16. The quantitative estimate of drug-likeness (QED) is 0.628. The maximum atomic E-state index is 5.75. The van der Waals surface area contributed by atoms with Gasteiger partial charge in [-0.3, -0.25) is 4.98 Å². The predicted octanol–water partition coefficient (Wildman–Crippen LogP) is 3.65. The number of hydrogen-bond acceptors (Lipinski definition) is 3. The van der Waals surface area contributed by atoms with Crippen LogP contribution < -0.4 is 10.5 Å². The van der Waals surface area contributed by atoms with E-state index >= 15 is 0 Å². The van der Waals surface area contributed by atoms with Gasteiger partial charge in [-0.15, -0.1) is 0 Å². The van der Waals surface area contributed by atoms with E-state index in [2.05, 4.69) is 52.0 Å². The highest BCUT2D eigenvalue weighted by molar-refractivity contribution is 6.09. The minimum absolute atomic E-state index is 0.442. The van der Waals surface area contributed by atoms with Crippen molar-refractivity contribution >= 4 is 21.8 Å². The number of nitrogens with two attached hydrogens (primary N) is 1. The summed E-state index contributed by atoms with van der Waals surface area (Å²) in [6.07, 6.45) is 1.90.